The van der Waals surface area contributed by atoms with E-state index >= 15 is 0 Å². The Morgan fingerprint density at radius 1 is 0.947 bits per heavy atom. The summed E-state index contributed by atoms with van der Waals surface area (Å²) < 4.78 is 14.9. The van der Waals surface area contributed by atoms with Crippen LogP contribution in [0.3, 0.4) is 0 Å². The molecule has 1 nitrogen and oxygen atoms in total. The van der Waals surface area contributed by atoms with Gasteiger partial charge >= 0.3 is 0 Å². The summed E-state index contributed by atoms with van der Waals surface area (Å²) in [7, 11) is 2.00. The number of nitrogens with zero attached hydrogens (tertiary/aromatic N) is 1. The van der Waals surface area contributed by atoms with Crippen LogP contribution in [0, 0.1) is 17.7 Å². The minimum absolute atomic E-state index is 0.241. The highest BCUT2D eigenvalue weighted by molar-refractivity contribution is 5.82. The Morgan fingerprint density at radius 2 is 1.68 bits per heavy atom. The number of fused-ring (bicyclic) bond motifs is 1. The summed E-state index contributed by atoms with van der Waals surface area (Å²) in [6.45, 7) is 0. The van der Waals surface area contributed by atoms with E-state index in [1.807, 2.05) is 19.2 Å². The highest BCUT2D eigenvalue weighted by Gasteiger charge is 2.01. The third-order valence-corrected chi connectivity index (χ3v) is 3.13. The average Bonchev–Trinajstić information content (AvgIpc) is 2.76. The van der Waals surface area contributed by atoms with Gasteiger partial charge < -0.3 is 4.57 Å². The lowest BCUT2D eigenvalue weighted by atomic mass is 10.2. The van der Waals surface area contributed by atoms with Crippen LogP contribution >= 0.6 is 0 Å². The van der Waals surface area contributed by atoms with Gasteiger partial charge in [0.05, 0.1) is 5.69 Å². The van der Waals surface area contributed by atoms with Gasteiger partial charge in [0.2, 0.25) is 0 Å². The monoisotopic (exact) mass is 249 g/mol. The molecule has 0 amide bonds. The molecule has 0 bridgehead atoms. The first-order chi connectivity index (χ1) is 9.24. The van der Waals surface area contributed by atoms with Crippen LogP contribution in [-0.4, -0.2) is 4.57 Å². The van der Waals surface area contributed by atoms with Gasteiger partial charge in [-0.1, -0.05) is 24.1 Å². The topological polar surface area (TPSA) is 4.93 Å². The van der Waals surface area contributed by atoms with E-state index < -0.39 is 0 Å². The van der Waals surface area contributed by atoms with Gasteiger partial charge in [0.1, 0.15) is 5.82 Å². The molecule has 0 radical (unpaired) electrons. The first-order valence-corrected chi connectivity index (χ1v) is 6.06. The number of hydrogen-bond donors (Lipinski definition) is 0. The van der Waals surface area contributed by atoms with Crippen LogP contribution in [0.5, 0.6) is 0 Å². The number of halogens is 1. The molecule has 2 heteroatoms. The van der Waals surface area contributed by atoms with Crippen LogP contribution in [0.1, 0.15) is 11.3 Å². The Kier molecular flexibility index (Phi) is 2.81. The van der Waals surface area contributed by atoms with Crippen molar-refractivity contribution in [3.8, 4) is 11.8 Å². The second kappa shape index (κ2) is 4.62. The summed E-state index contributed by atoms with van der Waals surface area (Å²) in [6.07, 6.45) is 0. The Balaban J connectivity index is 2.02. The minimum Gasteiger partial charge on any atom is -0.337 e. The summed E-state index contributed by atoms with van der Waals surface area (Å²) >= 11 is 0. The standard InChI is InChI=1S/C17H12FN/c1-19-16(12-14-4-2-3-5-17(14)19)11-8-13-6-9-15(18)10-7-13/h2-7,9-10,12H,1H3. The Hall–Kier alpha value is -2.53. The van der Waals surface area contributed by atoms with Crippen molar-refractivity contribution in [1.29, 1.82) is 0 Å². The lowest BCUT2D eigenvalue weighted by Gasteiger charge is -1.96. The Bertz CT molecular complexity index is 785. The Morgan fingerprint density at radius 3 is 2.42 bits per heavy atom. The molecular weight excluding hydrogens is 237 g/mol. The van der Waals surface area contributed by atoms with Gasteiger partial charge in [-0.15, -0.1) is 0 Å². The second-order valence-corrected chi connectivity index (χ2v) is 4.40. The summed E-state index contributed by atoms with van der Waals surface area (Å²) in [4.78, 5) is 0. The number of hydrogen-bond acceptors (Lipinski definition) is 0. The van der Waals surface area contributed by atoms with E-state index in [-0.39, 0.29) is 5.82 Å². The maximum absolute atomic E-state index is 12.8. The number of rotatable bonds is 0. The third-order valence-electron chi connectivity index (χ3n) is 3.13. The van der Waals surface area contributed by atoms with Gasteiger partial charge in [0, 0.05) is 23.5 Å². The molecule has 3 aromatic rings. The van der Waals surface area contributed by atoms with Crippen LogP contribution in [0.2, 0.25) is 0 Å². The van der Waals surface area contributed by atoms with Gasteiger partial charge in [-0.3, -0.25) is 0 Å². The van der Waals surface area contributed by atoms with Crippen molar-refractivity contribution in [1.82, 2.24) is 4.57 Å². The molecule has 1 aromatic heterocycles. The third kappa shape index (κ3) is 2.23. The van der Waals surface area contributed by atoms with E-state index in [1.165, 1.54) is 17.5 Å². The zero-order valence-electron chi connectivity index (χ0n) is 10.5. The quantitative estimate of drug-likeness (QED) is 0.535. The molecule has 3 rings (SSSR count). The fourth-order valence-electron chi connectivity index (χ4n) is 2.08. The van der Waals surface area contributed by atoms with Gasteiger partial charge in [0.15, 0.2) is 0 Å². The summed E-state index contributed by atoms with van der Waals surface area (Å²) in [5.74, 6) is 5.94. The zero-order valence-corrected chi connectivity index (χ0v) is 10.5. The predicted molar refractivity (Wildman–Crippen MR) is 75.3 cm³/mol. The Labute approximate surface area is 111 Å². The fourth-order valence-corrected chi connectivity index (χ4v) is 2.08. The fraction of sp³-hybridized carbons (Fsp3) is 0.0588. The highest BCUT2D eigenvalue weighted by atomic mass is 19.1. The number of aryl methyl sites for hydroxylation is 1. The first kappa shape index (κ1) is 11.6. The van der Waals surface area contributed by atoms with Crippen molar-refractivity contribution in [2.75, 3.05) is 0 Å². The van der Waals surface area contributed by atoms with Gasteiger partial charge in [-0.2, -0.15) is 0 Å². The van der Waals surface area contributed by atoms with Gasteiger partial charge in [-0.05, 0) is 42.3 Å². The normalized spacial score (nSPS) is 10.2. The number of para-hydroxylation sites is 1. The number of aromatic nitrogens is 1. The lowest BCUT2D eigenvalue weighted by molar-refractivity contribution is 0.627. The zero-order chi connectivity index (χ0) is 13.2. The van der Waals surface area contributed by atoms with E-state index in [1.54, 1.807) is 12.1 Å². The van der Waals surface area contributed by atoms with E-state index in [0.717, 1.165) is 16.8 Å². The molecule has 0 fully saturated rings. The molecule has 0 aliphatic rings. The van der Waals surface area contributed by atoms with E-state index in [9.17, 15) is 4.39 Å². The lowest BCUT2D eigenvalue weighted by Crippen LogP contribution is -1.90. The largest absolute Gasteiger partial charge is 0.337 e. The molecule has 0 spiro atoms. The maximum atomic E-state index is 12.8. The summed E-state index contributed by atoms with van der Waals surface area (Å²) in [5, 5.41) is 1.17. The van der Waals surface area contributed by atoms with Crippen molar-refractivity contribution in [3.05, 3.63) is 71.7 Å². The van der Waals surface area contributed by atoms with Crippen molar-refractivity contribution < 1.29 is 4.39 Å². The predicted octanol–water partition coefficient (Wildman–Crippen LogP) is 3.72. The molecule has 0 atom stereocenters. The first-order valence-electron chi connectivity index (χ1n) is 6.06. The summed E-state index contributed by atoms with van der Waals surface area (Å²) in [6, 6.07) is 16.4. The van der Waals surface area contributed by atoms with Gasteiger partial charge in [0.25, 0.3) is 0 Å². The summed E-state index contributed by atoms with van der Waals surface area (Å²) in [5.41, 5.74) is 2.92. The maximum Gasteiger partial charge on any atom is 0.123 e. The molecule has 0 saturated heterocycles. The second-order valence-electron chi connectivity index (χ2n) is 4.40. The van der Waals surface area contributed by atoms with Crippen molar-refractivity contribution in [3.63, 3.8) is 0 Å². The number of benzene rings is 2. The molecule has 0 aliphatic heterocycles. The minimum atomic E-state index is -0.241. The van der Waals surface area contributed by atoms with Crippen LogP contribution in [0.15, 0.2) is 54.6 Å². The van der Waals surface area contributed by atoms with Crippen molar-refractivity contribution in [2.45, 2.75) is 0 Å². The van der Waals surface area contributed by atoms with E-state index in [4.69, 9.17) is 0 Å². The molecule has 0 N–H and O–H groups in total. The van der Waals surface area contributed by atoms with Crippen LogP contribution < -0.4 is 0 Å². The molecule has 2 aromatic carbocycles. The van der Waals surface area contributed by atoms with Crippen molar-refractivity contribution in [2.24, 2.45) is 7.05 Å². The van der Waals surface area contributed by atoms with Crippen LogP contribution in [0.4, 0.5) is 4.39 Å². The van der Waals surface area contributed by atoms with Crippen LogP contribution in [-0.2, 0) is 7.05 Å². The molecular formula is C17H12FN. The molecule has 1 heterocycles. The van der Waals surface area contributed by atoms with Crippen molar-refractivity contribution >= 4 is 10.9 Å². The highest BCUT2D eigenvalue weighted by Crippen LogP contribution is 2.17. The smallest absolute Gasteiger partial charge is 0.123 e. The molecule has 0 unspecified atom stereocenters. The molecule has 0 aliphatic carbocycles. The SMILES string of the molecule is Cn1c(C#Cc2ccc(F)cc2)cc2ccccc21. The van der Waals surface area contributed by atoms with Crippen LogP contribution in [0.25, 0.3) is 10.9 Å². The molecule has 19 heavy (non-hydrogen) atoms. The van der Waals surface area contributed by atoms with Gasteiger partial charge in [-0.25, -0.2) is 4.39 Å². The molecule has 92 valence electrons. The average molecular weight is 249 g/mol. The van der Waals surface area contributed by atoms with E-state index in [0.29, 0.717) is 0 Å². The molecule has 0 saturated carbocycles. The van der Waals surface area contributed by atoms with E-state index in [2.05, 4.69) is 34.6 Å².